The number of hydrogen-bond donors (Lipinski definition) is 3. The van der Waals surface area contributed by atoms with Crippen molar-refractivity contribution in [2.75, 3.05) is 12.3 Å². The molecule has 1 amide bonds. The predicted octanol–water partition coefficient (Wildman–Crippen LogP) is 3.88. The number of rotatable bonds is 6. The minimum atomic E-state index is -1.80. The van der Waals surface area contributed by atoms with Crippen molar-refractivity contribution in [1.29, 1.82) is 0 Å². The van der Waals surface area contributed by atoms with Gasteiger partial charge >= 0.3 is 0 Å². The van der Waals surface area contributed by atoms with Gasteiger partial charge in [0.2, 0.25) is 5.95 Å². The SMILES string of the molecule is Cc1ccc(-c2ccn3nc(N)nc3c2)c(F)c1C(=O)NC[C@@H](F)[C@H](O)c1ccc(Cl)cc1. The molecule has 0 bridgehead atoms. The second-order valence-corrected chi connectivity index (χ2v) is 7.97. The standard InChI is InChI=1S/C23H20ClF2N5O2/c1-12-2-7-16(14-8-9-31-18(10-14)29-23(27)30-31)20(26)19(12)22(33)28-11-17(25)21(32)13-3-5-15(24)6-4-13/h2-10,17,21,32H,11H2,1H3,(H2,27,30)(H,28,33)/t17-,21-/m1/s1. The van der Waals surface area contributed by atoms with E-state index >= 15 is 4.39 Å². The molecule has 33 heavy (non-hydrogen) atoms. The maximum absolute atomic E-state index is 15.4. The van der Waals surface area contributed by atoms with Crippen molar-refractivity contribution in [2.24, 2.45) is 0 Å². The Morgan fingerprint density at radius 3 is 2.70 bits per heavy atom. The molecule has 2 aromatic heterocycles. The van der Waals surface area contributed by atoms with Crippen LogP contribution >= 0.6 is 11.6 Å². The van der Waals surface area contributed by atoms with Gasteiger partial charge in [0.25, 0.3) is 5.91 Å². The van der Waals surface area contributed by atoms with Gasteiger partial charge in [-0.1, -0.05) is 35.9 Å². The molecule has 0 fully saturated rings. The smallest absolute Gasteiger partial charge is 0.254 e. The molecule has 2 heterocycles. The van der Waals surface area contributed by atoms with E-state index in [0.717, 1.165) is 0 Å². The Morgan fingerprint density at radius 2 is 1.97 bits per heavy atom. The summed E-state index contributed by atoms with van der Waals surface area (Å²) in [5.74, 6) is -1.46. The summed E-state index contributed by atoms with van der Waals surface area (Å²) in [5, 5.41) is 17.0. The van der Waals surface area contributed by atoms with Crippen LogP contribution in [0.3, 0.4) is 0 Å². The number of halogens is 3. The summed E-state index contributed by atoms with van der Waals surface area (Å²) in [6.07, 6.45) is -1.69. The molecule has 0 aliphatic carbocycles. The molecule has 0 aliphatic heterocycles. The topological polar surface area (TPSA) is 106 Å². The highest BCUT2D eigenvalue weighted by atomic mass is 35.5. The average molecular weight is 472 g/mol. The monoisotopic (exact) mass is 471 g/mol. The quantitative estimate of drug-likeness (QED) is 0.396. The van der Waals surface area contributed by atoms with Crippen molar-refractivity contribution in [3.05, 3.63) is 82.3 Å². The van der Waals surface area contributed by atoms with Crippen LogP contribution < -0.4 is 11.1 Å². The molecule has 170 valence electrons. The van der Waals surface area contributed by atoms with Crippen molar-refractivity contribution in [2.45, 2.75) is 19.2 Å². The lowest BCUT2D eigenvalue weighted by Gasteiger charge is -2.18. The maximum Gasteiger partial charge on any atom is 0.254 e. The van der Waals surface area contributed by atoms with Gasteiger partial charge in [0.1, 0.15) is 18.1 Å². The Kier molecular flexibility index (Phi) is 6.26. The second kappa shape index (κ2) is 9.13. The number of anilines is 1. The molecular formula is C23H20ClF2N5O2. The number of carbonyl (C=O) groups excluding carboxylic acids is 1. The predicted molar refractivity (Wildman–Crippen MR) is 121 cm³/mol. The number of hydrogen-bond acceptors (Lipinski definition) is 5. The van der Waals surface area contributed by atoms with Gasteiger partial charge < -0.3 is 16.2 Å². The van der Waals surface area contributed by atoms with Crippen LogP contribution in [-0.2, 0) is 0 Å². The van der Waals surface area contributed by atoms with Crippen LogP contribution in [-0.4, -0.2) is 38.3 Å². The van der Waals surface area contributed by atoms with Crippen molar-refractivity contribution in [1.82, 2.24) is 19.9 Å². The molecule has 4 aromatic rings. The highest BCUT2D eigenvalue weighted by molar-refractivity contribution is 6.30. The molecule has 10 heteroatoms. The number of aromatic nitrogens is 3. The van der Waals surface area contributed by atoms with E-state index in [1.54, 1.807) is 37.4 Å². The molecular weight excluding hydrogens is 452 g/mol. The van der Waals surface area contributed by atoms with Gasteiger partial charge in [0, 0.05) is 16.8 Å². The summed E-state index contributed by atoms with van der Waals surface area (Å²) in [6, 6.07) is 12.4. The normalized spacial score (nSPS) is 13.1. The third kappa shape index (κ3) is 4.64. The lowest BCUT2D eigenvalue weighted by atomic mass is 9.98. The Bertz CT molecular complexity index is 1330. The van der Waals surface area contributed by atoms with E-state index in [9.17, 15) is 14.3 Å². The zero-order chi connectivity index (χ0) is 23.7. The summed E-state index contributed by atoms with van der Waals surface area (Å²) in [7, 11) is 0. The van der Waals surface area contributed by atoms with Crippen molar-refractivity contribution < 1.29 is 18.7 Å². The van der Waals surface area contributed by atoms with E-state index in [4.69, 9.17) is 17.3 Å². The van der Waals surface area contributed by atoms with Gasteiger partial charge in [0.15, 0.2) is 5.65 Å². The number of aryl methyl sites for hydroxylation is 1. The van der Waals surface area contributed by atoms with E-state index in [1.165, 1.54) is 28.8 Å². The van der Waals surface area contributed by atoms with Gasteiger partial charge in [-0.25, -0.2) is 13.3 Å². The van der Waals surface area contributed by atoms with Gasteiger partial charge in [-0.2, -0.15) is 4.98 Å². The average Bonchev–Trinajstić information content (AvgIpc) is 3.16. The van der Waals surface area contributed by atoms with Gasteiger partial charge in [-0.15, -0.1) is 5.10 Å². The number of pyridine rings is 1. The van der Waals surface area contributed by atoms with Crippen LogP contribution in [0.15, 0.2) is 54.7 Å². The van der Waals surface area contributed by atoms with E-state index in [-0.39, 0.29) is 17.1 Å². The van der Waals surface area contributed by atoms with Crippen molar-refractivity contribution in [3.63, 3.8) is 0 Å². The minimum Gasteiger partial charge on any atom is -0.385 e. The number of nitrogen functional groups attached to an aromatic ring is 1. The molecule has 2 atom stereocenters. The first-order chi connectivity index (χ1) is 15.7. The first-order valence-corrected chi connectivity index (χ1v) is 10.4. The van der Waals surface area contributed by atoms with Gasteiger partial charge in [-0.3, -0.25) is 4.79 Å². The number of carbonyl (C=O) groups is 1. The summed E-state index contributed by atoms with van der Waals surface area (Å²) in [4.78, 5) is 16.8. The second-order valence-electron chi connectivity index (χ2n) is 7.53. The molecule has 2 aromatic carbocycles. The first-order valence-electron chi connectivity index (χ1n) is 10.0. The van der Waals surface area contributed by atoms with Crippen LogP contribution in [0.25, 0.3) is 16.8 Å². The molecule has 0 saturated carbocycles. The number of nitrogens with one attached hydrogen (secondary N) is 1. The number of aliphatic hydroxyl groups excluding tert-OH is 1. The third-order valence-corrected chi connectivity index (χ3v) is 5.51. The van der Waals surface area contributed by atoms with E-state index < -0.39 is 30.5 Å². The molecule has 4 N–H and O–H groups in total. The van der Waals surface area contributed by atoms with E-state index in [1.807, 2.05) is 0 Å². The Morgan fingerprint density at radius 1 is 1.24 bits per heavy atom. The zero-order valence-electron chi connectivity index (χ0n) is 17.5. The fourth-order valence-electron chi connectivity index (χ4n) is 3.50. The van der Waals surface area contributed by atoms with Crippen LogP contribution in [0, 0.1) is 12.7 Å². The Labute approximate surface area is 192 Å². The number of nitrogens with zero attached hydrogens (tertiary/aromatic N) is 3. The van der Waals surface area contributed by atoms with Crippen LogP contribution in [0.1, 0.15) is 27.6 Å². The Hall–Kier alpha value is -3.56. The fraction of sp³-hybridized carbons (Fsp3) is 0.174. The fourth-order valence-corrected chi connectivity index (χ4v) is 3.63. The molecule has 7 nitrogen and oxygen atoms in total. The molecule has 0 aliphatic rings. The van der Waals surface area contributed by atoms with E-state index in [2.05, 4.69) is 15.4 Å². The zero-order valence-corrected chi connectivity index (χ0v) is 18.2. The number of nitrogens with two attached hydrogens (primary N) is 1. The molecule has 0 spiro atoms. The summed E-state index contributed by atoms with van der Waals surface area (Å²) < 4.78 is 31.4. The largest absolute Gasteiger partial charge is 0.385 e. The van der Waals surface area contributed by atoms with Gasteiger partial charge in [-0.05, 0) is 47.9 Å². The third-order valence-electron chi connectivity index (χ3n) is 5.25. The van der Waals surface area contributed by atoms with Crippen molar-refractivity contribution >= 4 is 29.1 Å². The van der Waals surface area contributed by atoms with Crippen LogP contribution in [0.4, 0.5) is 14.7 Å². The summed E-state index contributed by atoms with van der Waals surface area (Å²) in [5.41, 5.74) is 7.16. The number of alkyl halides is 1. The first kappa shape index (κ1) is 22.6. The Balaban J connectivity index is 1.54. The van der Waals surface area contributed by atoms with E-state index in [0.29, 0.717) is 27.4 Å². The van der Waals surface area contributed by atoms with Crippen LogP contribution in [0.5, 0.6) is 0 Å². The van der Waals surface area contributed by atoms with Gasteiger partial charge in [0.05, 0.1) is 12.1 Å². The molecule has 4 rings (SSSR count). The number of amides is 1. The molecule has 0 saturated heterocycles. The summed E-state index contributed by atoms with van der Waals surface area (Å²) >= 11 is 5.80. The lowest BCUT2D eigenvalue weighted by molar-refractivity contribution is 0.0714. The lowest BCUT2D eigenvalue weighted by Crippen LogP contribution is -2.34. The molecule has 0 unspecified atom stereocenters. The maximum atomic E-state index is 15.4. The van der Waals surface area contributed by atoms with Crippen LogP contribution in [0.2, 0.25) is 5.02 Å². The number of fused-ring (bicyclic) bond motifs is 1. The summed E-state index contributed by atoms with van der Waals surface area (Å²) in [6.45, 7) is 1.08. The molecule has 0 radical (unpaired) electrons. The highest BCUT2D eigenvalue weighted by Gasteiger charge is 2.24. The number of aliphatic hydroxyl groups is 1. The highest BCUT2D eigenvalue weighted by Crippen LogP contribution is 2.28. The number of benzene rings is 2. The minimum absolute atomic E-state index is 0.0816. The van der Waals surface area contributed by atoms with Crippen molar-refractivity contribution in [3.8, 4) is 11.1 Å².